The van der Waals surface area contributed by atoms with Crippen molar-refractivity contribution in [2.24, 2.45) is 0 Å². The number of ketones is 1. The first kappa shape index (κ1) is 10.7. The number of carboxylic acid groups (broad SMARTS) is 1. The number of carboxylic acids is 1. The van der Waals surface area contributed by atoms with Gasteiger partial charge in [-0.3, -0.25) is 4.79 Å². The van der Waals surface area contributed by atoms with Crippen molar-refractivity contribution in [1.82, 2.24) is 0 Å². The normalized spacial score (nSPS) is 18.9. The van der Waals surface area contributed by atoms with E-state index in [2.05, 4.69) is 0 Å². The molecule has 4 nitrogen and oxygen atoms in total. The molecule has 0 aliphatic carbocycles. The third-order valence-electron chi connectivity index (χ3n) is 2.64. The SMILES string of the molecule is Cc1cc(C)c2c(c1)OC(C(=O)O)CC2=O. The standard InChI is InChI=1S/C12H12O4/c1-6-3-7(2)11-8(13)5-10(12(14)15)16-9(11)4-6/h3-4,10H,5H2,1-2H3,(H,14,15). The predicted octanol–water partition coefficient (Wildman–Crippen LogP) is 1.72. The van der Waals surface area contributed by atoms with E-state index in [1.807, 2.05) is 19.9 Å². The van der Waals surface area contributed by atoms with Crippen molar-refractivity contribution < 1.29 is 19.4 Å². The highest BCUT2D eigenvalue weighted by atomic mass is 16.5. The zero-order valence-corrected chi connectivity index (χ0v) is 9.11. The van der Waals surface area contributed by atoms with E-state index in [1.165, 1.54) is 0 Å². The van der Waals surface area contributed by atoms with Gasteiger partial charge in [-0.1, -0.05) is 6.07 Å². The molecule has 0 saturated heterocycles. The summed E-state index contributed by atoms with van der Waals surface area (Å²) in [5.41, 5.74) is 2.31. The van der Waals surface area contributed by atoms with Gasteiger partial charge in [0.2, 0.25) is 6.10 Å². The summed E-state index contributed by atoms with van der Waals surface area (Å²) in [5, 5.41) is 8.84. The Morgan fingerprint density at radius 1 is 1.44 bits per heavy atom. The summed E-state index contributed by atoms with van der Waals surface area (Å²) in [5.74, 6) is -0.870. The summed E-state index contributed by atoms with van der Waals surface area (Å²) >= 11 is 0. The molecule has 0 aromatic heterocycles. The number of aliphatic carboxylic acids is 1. The maximum absolute atomic E-state index is 11.8. The van der Waals surface area contributed by atoms with Crippen LogP contribution >= 0.6 is 0 Å². The lowest BCUT2D eigenvalue weighted by Crippen LogP contribution is -2.34. The minimum Gasteiger partial charge on any atom is -0.478 e. The number of hydrogen-bond acceptors (Lipinski definition) is 3. The van der Waals surface area contributed by atoms with Gasteiger partial charge >= 0.3 is 5.97 Å². The average Bonchev–Trinajstić information content (AvgIpc) is 2.15. The number of rotatable bonds is 1. The van der Waals surface area contributed by atoms with Crippen LogP contribution in [0.15, 0.2) is 12.1 Å². The largest absolute Gasteiger partial charge is 0.478 e. The predicted molar refractivity (Wildman–Crippen MR) is 56.9 cm³/mol. The highest BCUT2D eigenvalue weighted by Crippen LogP contribution is 2.31. The van der Waals surface area contributed by atoms with Crippen LogP contribution in [0.1, 0.15) is 27.9 Å². The second kappa shape index (κ2) is 3.63. The van der Waals surface area contributed by atoms with Crippen LogP contribution in [0.5, 0.6) is 5.75 Å². The number of carbonyl (C=O) groups excluding carboxylic acids is 1. The maximum Gasteiger partial charge on any atom is 0.345 e. The van der Waals surface area contributed by atoms with Crippen LogP contribution in [0.3, 0.4) is 0 Å². The molecule has 0 radical (unpaired) electrons. The first-order valence-electron chi connectivity index (χ1n) is 5.03. The molecular weight excluding hydrogens is 208 g/mol. The number of carbonyl (C=O) groups is 2. The Morgan fingerprint density at radius 2 is 2.12 bits per heavy atom. The van der Waals surface area contributed by atoms with E-state index < -0.39 is 12.1 Å². The molecule has 84 valence electrons. The molecule has 1 aromatic carbocycles. The van der Waals surface area contributed by atoms with Crippen LogP contribution in [-0.4, -0.2) is 23.0 Å². The Bertz CT molecular complexity index is 476. The first-order chi connectivity index (χ1) is 7.49. The van der Waals surface area contributed by atoms with Crippen molar-refractivity contribution in [3.8, 4) is 5.75 Å². The van der Waals surface area contributed by atoms with Gasteiger partial charge < -0.3 is 9.84 Å². The van der Waals surface area contributed by atoms with Crippen molar-refractivity contribution in [2.75, 3.05) is 0 Å². The summed E-state index contributed by atoms with van der Waals surface area (Å²) in [7, 11) is 0. The number of fused-ring (bicyclic) bond motifs is 1. The van der Waals surface area contributed by atoms with Crippen LogP contribution in [-0.2, 0) is 4.79 Å². The number of benzene rings is 1. The summed E-state index contributed by atoms with van der Waals surface area (Å²) in [6, 6.07) is 3.59. The van der Waals surface area contributed by atoms with Crippen LogP contribution in [0.2, 0.25) is 0 Å². The Morgan fingerprint density at radius 3 is 2.75 bits per heavy atom. The minimum absolute atomic E-state index is 0.0910. The van der Waals surface area contributed by atoms with E-state index in [1.54, 1.807) is 6.07 Å². The lowest BCUT2D eigenvalue weighted by atomic mass is 9.95. The molecule has 1 heterocycles. The molecule has 0 bridgehead atoms. The Hall–Kier alpha value is -1.84. The van der Waals surface area contributed by atoms with Gasteiger partial charge in [-0.25, -0.2) is 4.79 Å². The molecule has 1 aromatic rings. The molecular formula is C12H12O4. The van der Waals surface area contributed by atoms with Gasteiger partial charge in [0.05, 0.1) is 12.0 Å². The van der Waals surface area contributed by atoms with Crippen LogP contribution < -0.4 is 4.74 Å². The maximum atomic E-state index is 11.8. The molecule has 1 aliphatic heterocycles. The van der Waals surface area contributed by atoms with Gasteiger partial charge in [0, 0.05) is 0 Å². The highest BCUT2D eigenvalue weighted by molar-refractivity contribution is 6.03. The summed E-state index contributed by atoms with van der Waals surface area (Å²) < 4.78 is 5.31. The smallest absolute Gasteiger partial charge is 0.345 e. The molecule has 1 aliphatic rings. The molecule has 4 heteroatoms. The summed E-state index contributed by atoms with van der Waals surface area (Å²) in [6.45, 7) is 3.71. The van der Waals surface area contributed by atoms with Crippen molar-refractivity contribution >= 4 is 11.8 Å². The van der Waals surface area contributed by atoms with Gasteiger partial charge in [-0.2, -0.15) is 0 Å². The molecule has 0 spiro atoms. The topological polar surface area (TPSA) is 63.6 Å². The van der Waals surface area contributed by atoms with Crippen molar-refractivity contribution in [1.29, 1.82) is 0 Å². The fourth-order valence-electron chi connectivity index (χ4n) is 1.98. The van der Waals surface area contributed by atoms with E-state index in [4.69, 9.17) is 9.84 Å². The Labute approximate surface area is 92.8 Å². The molecule has 0 amide bonds. The van der Waals surface area contributed by atoms with Gasteiger partial charge in [-0.15, -0.1) is 0 Å². The summed E-state index contributed by atoms with van der Waals surface area (Å²) in [6.07, 6.45) is -1.15. The van der Waals surface area contributed by atoms with Crippen LogP contribution in [0.4, 0.5) is 0 Å². The monoisotopic (exact) mass is 220 g/mol. The molecule has 0 fully saturated rings. The lowest BCUT2D eigenvalue weighted by Gasteiger charge is -2.23. The van der Waals surface area contributed by atoms with Gasteiger partial charge in [0.25, 0.3) is 0 Å². The quantitative estimate of drug-likeness (QED) is 0.782. The Kier molecular flexibility index (Phi) is 2.42. The average molecular weight is 220 g/mol. The van der Waals surface area contributed by atoms with E-state index >= 15 is 0 Å². The van der Waals surface area contributed by atoms with Crippen LogP contribution in [0.25, 0.3) is 0 Å². The molecule has 1 atom stereocenters. The molecule has 1 N–H and O–H groups in total. The highest BCUT2D eigenvalue weighted by Gasteiger charge is 2.32. The van der Waals surface area contributed by atoms with Gasteiger partial charge in [-0.05, 0) is 31.0 Å². The second-order valence-electron chi connectivity index (χ2n) is 4.03. The lowest BCUT2D eigenvalue weighted by molar-refractivity contribution is -0.145. The molecule has 1 unspecified atom stereocenters. The third kappa shape index (κ3) is 1.66. The van der Waals surface area contributed by atoms with E-state index in [-0.39, 0.29) is 12.2 Å². The molecule has 16 heavy (non-hydrogen) atoms. The first-order valence-corrected chi connectivity index (χ1v) is 5.03. The number of Topliss-reactive ketones (excluding diaryl/α,β-unsaturated/α-hetero) is 1. The summed E-state index contributed by atoms with van der Waals surface area (Å²) in [4.78, 5) is 22.6. The zero-order chi connectivity index (χ0) is 11.9. The number of hydrogen-bond donors (Lipinski definition) is 1. The number of aryl methyl sites for hydroxylation is 2. The molecule has 0 saturated carbocycles. The van der Waals surface area contributed by atoms with E-state index in [0.717, 1.165) is 11.1 Å². The number of ether oxygens (including phenoxy) is 1. The van der Waals surface area contributed by atoms with Gasteiger partial charge in [0.1, 0.15) is 5.75 Å². The minimum atomic E-state index is -1.10. The Balaban J connectivity index is 2.50. The van der Waals surface area contributed by atoms with Crippen molar-refractivity contribution in [3.05, 3.63) is 28.8 Å². The van der Waals surface area contributed by atoms with Gasteiger partial charge in [0.15, 0.2) is 5.78 Å². The van der Waals surface area contributed by atoms with Crippen molar-refractivity contribution in [2.45, 2.75) is 26.4 Å². The van der Waals surface area contributed by atoms with Crippen molar-refractivity contribution in [3.63, 3.8) is 0 Å². The second-order valence-corrected chi connectivity index (χ2v) is 4.03. The van der Waals surface area contributed by atoms with Crippen LogP contribution in [0, 0.1) is 13.8 Å². The van der Waals surface area contributed by atoms with E-state index in [9.17, 15) is 9.59 Å². The molecule has 2 rings (SSSR count). The third-order valence-corrected chi connectivity index (χ3v) is 2.64. The zero-order valence-electron chi connectivity index (χ0n) is 9.11. The van der Waals surface area contributed by atoms with E-state index in [0.29, 0.717) is 11.3 Å². The fraction of sp³-hybridized carbons (Fsp3) is 0.333. The fourth-order valence-corrected chi connectivity index (χ4v) is 1.98.